The number of benzene rings is 1. The van der Waals surface area contributed by atoms with Crippen molar-refractivity contribution in [1.82, 2.24) is 4.90 Å². The number of rotatable bonds is 6. The Morgan fingerprint density at radius 1 is 1.15 bits per heavy atom. The Bertz CT molecular complexity index is 796. The number of anilines is 3. The van der Waals surface area contributed by atoms with Crippen molar-refractivity contribution < 1.29 is 9.59 Å². The molecule has 1 aliphatic rings. The van der Waals surface area contributed by atoms with Crippen molar-refractivity contribution in [3.63, 3.8) is 0 Å². The summed E-state index contributed by atoms with van der Waals surface area (Å²) in [6.45, 7) is 7.97. The van der Waals surface area contributed by atoms with E-state index in [0.29, 0.717) is 16.9 Å². The van der Waals surface area contributed by atoms with Crippen molar-refractivity contribution in [2.45, 2.75) is 39.7 Å². The van der Waals surface area contributed by atoms with E-state index in [0.717, 1.165) is 31.6 Å². The summed E-state index contributed by atoms with van der Waals surface area (Å²) < 4.78 is 0. The number of para-hydroxylation sites is 2. The van der Waals surface area contributed by atoms with Crippen LogP contribution >= 0.6 is 11.3 Å². The first-order valence-electron chi connectivity index (χ1n) is 9.13. The van der Waals surface area contributed by atoms with Crippen LogP contribution in [0.5, 0.6) is 0 Å². The molecule has 1 aromatic heterocycles. The van der Waals surface area contributed by atoms with Crippen LogP contribution in [-0.2, 0) is 4.79 Å². The number of hydrogen-bond donors (Lipinski definition) is 1. The summed E-state index contributed by atoms with van der Waals surface area (Å²) in [5, 5.41) is 6.61. The van der Waals surface area contributed by atoms with E-state index in [-0.39, 0.29) is 17.9 Å². The van der Waals surface area contributed by atoms with E-state index in [9.17, 15) is 9.59 Å². The van der Waals surface area contributed by atoms with E-state index in [1.165, 1.54) is 11.3 Å². The van der Waals surface area contributed by atoms with E-state index < -0.39 is 0 Å². The maximum Gasteiger partial charge on any atom is 0.258 e. The molecule has 2 aromatic rings. The summed E-state index contributed by atoms with van der Waals surface area (Å²) in [5.74, 6) is -0.175. The Labute approximate surface area is 158 Å². The third kappa shape index (κ3) is 3.39. The molecule has 2 heterocycles. The van der Waals surface area contributed by atoms with Gasteiger partial charge in [0.15, 0.2) is 0 Å². The molecule has 6 heteroatoms. The van der Waals surface area contributed by atoms with Gasteiger partial charge in [-0.2, -0.15) is 0 Å². The topological polar surface area (TPSA) is 52.7 Å². The molecule has 0 bridgehead atoms. The van der Waals surface area contributed by atoms with Crippen molar-refractivity contribution >= 4 is 40.2 Å². The second-order valence-corrected chi connectivity index (χ2v) is 7.27. The van der Waals surface area contributed by atoms with Crippen molar-refractivity contribution in [2.24, 2.45) is 0 Å². The van der Waals surface area contributed by atoms with Gasteiger partial charge in [-0.05, 0) is 45.0 Å². The molecule has 0 fully saturated rings. The SMILES string of the molecule is CCCN(CCC)C(C)C(=O)N1c2ccccc2NC(=O)c2cscc21. The van der Waals surface area contributed by atoms with Crippen molar-refractivity contribution in [3.8, 4) is 0 Å². The monoisotopic (exact) mass is 371 g/mol. The van der Waals surface area contributed by atoms with Gasteiger partial charge in [-0.1, -0.05) is 26.0 Å². The highest BCUT2D eigenvalue weighted by molar-refractivity contribution is 7.08. The largest absolute Gasteiger partial charge is 0.320 e. The number of nitrogens with one attached hydrogen (secondary N) is 1. The first kappa shape index (κ1) is 18.6. The van der Waals surface area contributed by atoms with Gasteiger partial charge in [0.2, 0.25) is 5.91 Å². The smallest absolute Gasteiger partial charge is 0.258 e. The lowest BCUT2D eigenvalue weighted by atomic mass is 10.1. The fourth-order valence-corrected chi connectivity index (χ4v) is 4.17. The number of nitrogens with zero attached hydrogens (tertiary/aromatic N) is 2. The van der Waals surface area contributed by atoms with Crippen LogP contribution in [0.2, 0.25) is 0 Å². The van der Waals surface area contributed by atoms with Crippen LogP contribution < -0.4 is 10.2 Å². The number of carbonyl (C=O) groups excluding carboxylic acids is 2. The average molecular weight is 372 g/mol. The number of fused-ring (bicyclic) bond motifs is 2. The number of hydrogen-bond acceptors (Lipinski definition) is 4. The van der Waals surface area contributed by atoms with E-state index in [4.69, 9.17) is 0 Å². The molecule has 0 aliphatic carbocycles. The molecule has 1 aliphatic heterocycles. The van der Waals surface area contributed by atoms with Crippen molar-refractivity contribution in [1.29, 1.82) is 0 Å². The van der Waals surface area contributed by atoms with Gasteiger partial charge < -0.3 is 5.32 Å². The van der Waals surface area contributed by atoms with E-state index >= 15 is 0 Å². The molecule has 1 atom stereocenters. The molecule has 1 N–H and O–H groups in total. The summed E-state index contributed by atoms with van der Waals surface area (Å²) in [5.41, 5.74) is 2.60. The first-order valence-corrected chi connectivity index (χ1v) is 10.1. The zero-order chi connectivity index (χ0) is 18.7. The first-order chi connectivity index (χ1) is 12.6. The highest BCUT2D eigenvalue weighted by Crippen LogP contribution is 2.40. The maximum atomic E-state index is 13.5. The van der Waals surface area contributed by atoms with Crippen molar-refractivity contribution in [2.75, 3.05) is 23.3 Å². The van der Waals surface area contributed by atoms with Crippen LogP contribution in [0.3, 0.4) is 0 Å². The second-order valence-electron chi connectivity index (χ2n) is 6.53. The Balaban J connectivity index is 2.05. The van der Waals surface area contributed by atoms with Gasteiger partial charge in [-0.3, -0.25) is 19.4 Å². The summed E-state index contributed by atoms with van der Waals surface area (Å²) in [6, 6.07) is 7.22. The Morgan fingerprint density at radius 3 is 2.54 bits per heavy atom. The third-order valence-corrected chi connectivity index (χ3v) is 5.40. The van der Waals surface area contributed by atoms with Crippen LogP contribution in [0.1, 0.15) is 44.0 Å². The van der Waals surface area contributed by atoms with Crippen LogP contribution in [0.15, 0.2) is 35.0 Å². The maximum absolute atomic E-state index is 13.5. The minimum Gasteiger partial charge on any atom is -0.320 e. The van der Waals surface area contributed by atoms with E-state index in [1.54, 1.807) is 10.3 Å². The Hall–Kier alpha value is -2.18. The molecule has 0 spiro atoms. The van der Waals surface area contributed by atoms with Crippen molar-refractivity contribution in [3.05, 3.63) is 40.6 Å². The summed E-state index contributed by atoms with van der Waals surface area (Å²) in [6.07, 6.45) is 2.00. The van der Waals surface area contributed by atoms with Crippen LogP contribution in [0.25, 0.3) is 0 Å². The van der Waals surface area contributed by atoms with Gasteiger partial charge >= 0.3 is 0 Å². The lowest BCUT2D eigenvalue weighted by Crippen LogP contribution is -2.46. The molecule has 0 radical (unpaired) electrons. The number of thiophene rings is 1. The predicted molar refractivity (Wildman–Crippen MR) is 107 cm³/mol. The Morgan fingerprint density at radius 2 is 1.85 bits per heavy atom. The quantitative estimate of drug-likeness (QED) is 0.814. The zero-order valence-electron chi connectivity index (χ0n) is 15.5. The number of carbonyl (C=O) groups is 2. The van der Waals surface area contributed by atoms with E-state index in [2.05, 4.69) is 24.1 Å². The van der Waals surface area contributed by atoms with Gasteiger partial charge in [0.05, 0.1) is 28.7 Å². The van der Waals surface area contributed by atoms with Gasteiger partial charge in [-0.25, -0.2) is 0 Å². The lowest BCUT2D eigenvalue weighted by Gasteiger charge is -2.32. The fraction of sp³-hybridized carbons (Fsp3) is 0.400. The molecule has 0 saturated heterocycles. The molecule has 0 saturated carbocycles. The average Bonchev–Trinajstić information content (AvgIpc) is 3.08. The molecule has 1 unspecified atom stereocenters. The molecule has 26 heavy (non-hydrogen) atoms. The molecule has 5 nitrogen and oxygen atoms in total. The lowest BCUT2D eigenvalue weighted by molar-refractivity contribution is -0.122. The van der Waals surface area contributed by atoms with E-state index in [1.807, 2.05) is 36.6 Å². The third-order valence-electron chi connectivity index (χ3n) is 4.67. The van der Waals surface area contributed by atoms with Crippen LogP contribution in [0.4, 0.5) is 17.1 Å². The fourth-order valence-electron chi connectivity index (χ4n) is 3.38. The zero-order valence-corrected chi connectivity index (χ0v) is 16.3. The molecule has 138 valence electrons. The normalized spacial score (nSPS) is 14.5. The molecular formula is C20H25N3O2S. The summed E-state index contributed by atoms with van der Waals surface area (Å²) in [7, 11) is 0. The highest BCUT2D eigenvalue weighted by Gasteiger charge is 2.33. The van der Waals surface area contributed by atoms with Gasteiger partial charge in [0.25, 0.3) is 5.91 Å². The van der Waals surface area contributed by atoms with Crippen LogP contribution in [-0.4, -0.2) is 35.8 Å². The van der Waals surface area contributed by atoms with Gasteiger partial charge in [0.1, 0.15) is 0 Å². The molecule has 2 amide bonds. The van der Waals surface area contributed by atoms with Gasteiger partial charge in [-0.15, -0.1) is 11.3 Å². The molecule has 1 aromatic carbocycles. The summed E-state index contributed by atoms with van der Waals surface area (Å²) >= 11 is 1.44. The van der Waals surface area contributed by atoms with Gasteiger partial charge in [0, 0.05) is 10.8 Å². The Kier molecular flexibility index (Phi) is 5.74. The second kappa shape index (κ2) is 8.01. The number of amides is 2. The highest BCUT2D eigenvalue weighted by atomic mass is 32.1. The molecular weight excluding hydrogens is 346 g/mol. The minimum absolute atomic E-state index is 0.00417. The van der Waals surface area contributed by atoms with Crippen LogP contribution in [0, 0.1) is 0 Å². The minimum atomic E-state index is -0.260. The standard InChI is InChI=1S/C20H25N3O2S/c1-4-10-22(11-5-2)14(3)20(25)23-17-9-7-6-8-16(17)21-19(24)15-12-26-13-18(15)23/h6-9,12-14H,4-5,10-11H2,1-3H3,(H,21,24). The predicted octanol–water partition coefficient (Wildman–Crippen LogP) is 4.49. The molecule has 3 rings (SSSR count). The summed E-state index contributed by atoms with van der Waals surface area (Å²) in [4.78, 5) is 30.0.